The van der Waals surface area contributed by atoms with E-state index in [1.54, 1.807) is 0 Å². The van der Waals surface area contributed by atoms with E-state index in [0.717, 1.165) is 17.8 Å². The quantitative estimate of drug-likeness (QED) is 0.0772. The number of rotatable bonds is 15. The van der Waals surface area contributed by atoms with Crippen LogP contribution in [0.1, 0.15) is 119 Å². The summed E-state index contributed by atoms with van der Waals surface area (Å²) in [5, 5.41) is 4.45. The van der Waals surface area contributed by atoms with Crippen molar-refractivity contribution in [1.82, 2.24) is 0 Å². The van der Waals surface area contributed by atoms with Crippen LogP contribution in [-0.2, 0) is 79.0 Å². The van der Waals surface area contributed by atoms with Crippen molar-refractivity contribution in [3.8, 4) is 0 Å². The molecule has 0 aliphatic carbocycles. The summed E-state index contributed by atoms with van der Waals surface area (Å²) in [5.74, 6) is 2.74. The Morgan fingerprint density at radius 1 is 0.562 bits per heavy atom. The van der Waals surface area contributed by atoms with Gasteiger partial charge in [0.1, 0.15) is 0 Å². The van der Waals surface area contributed by atoms with E-state index in [9.17, 15) is 9.79 Å². The molecular formula is C24H51O2PS2Zn3. The number of hydrogen-bond donors (Lipinski definition) is 0. The summed E-state index contributed by atoms with van der Waals surface area (Å²) >= 11 is 11.7. The van der Waals surface area contributed by atoms with Crippen LogP contribution in [0.3, 0.4) is 0 Å². The maximum Gasteiger partial charge on any atom is -0.160 e. The normalized spacial score (nSPS) is 10.9. The number of hydrogen-bond acceptors (Lipinski definition) is 4. The first kappa shape index (κ1) is 41.9. The maximum absolute atomic E-state index is 9.29. The van der Waals surface area contributed by atoms with Gasteiger partial charge < -0.3 is 27.7 Å². The van der Waals surface area contributed by atoms with Crippen molar-refractivity contribution in [2.24, 2.45) is 17.8 Å². The summed E-state index contributed by atoms with van der Waals surface area (Å²) in [7, 11) is 0. The van der Waals surface area contributed by atoms with Crippen molar-refractivity contribution in [3.63, 3.8) is 0 Å². The molecule has 0 saturated carbocycles. The largest absolute Gasteiger partial charge is 0.850 e. The van der Waals surface area contributed by atoms with Gasteiger partial charge in [-0.25, -0.2) is 0 Å². The van der Waals surface area contributed by atoms with Gasteiger partial charge in [-0.05, 0) is 0 Å². The van der Waals surface area contributed by atoms with E-state index in [0.29, 0.717) is 0 Å². The third kappa shape index (κ3) is 76.7. The number of unbranched alkanes of at least 4 members (excludes halogenated alkanes) is 6. The van der Waals surface area contributed by atoms with Gasteiger partial charge in [0, 0.05) is 0 Å². The predicted octanol–water partition coefficient (Wildman–Crippen LogP) is 7.98. The second-order valence-corrected chi connectivity index (χ2v) is 18.7. The first-order valence-electron chi connectivity index (χ1n) is 12.9. The fourth-order valence-corrected chi connectivity index (χ4v) is 4.94. The van der Waals surface area contributed by atoms with Gasteiger partial charge in [0.05, 0.1) is 0 Å². The Kier molecular flexibility index (Phi) is 44.2. The van der Waals surface area contributed by atoms with Crippen LogP contribution < -0.4 is 9.79 Å². The molecule has 2 nitrogen and oxygen atoms in total. The minimum absolute atomic E-state index is 0.915. The summed E-state index contributed by atoms with van der Waals surface area (Å²) < 4.78 is 0. The van der Waals surface area contributed by atoms with Crippen LogP contribution in [0.2, 0.25) is 15.0 Å². The summed E-state index contributed by atoms with van der Waals surface area (Å²) in [6, 6.07) is 0. The SMILES string of the molecule is CC(C)CCCC[CH2][Zn+].CC(C)CCCC[CH2][Zn+].CC(C)CCCC[CH2][Zn+].[O-]P([O-])(=S)[S-]. The fourth-order valence-electron chi connectivity index (χ4n) is 2.72. The molecule has 0 radical (unpaired) electrons. The molecule has 0 unspecified atom stereocenters. The second-order valence-electron chi connectivity index (χ2n) is 9.74. The Bertz CT molecular complexity index is 323. The molecule has 0 heterocycles. The van der Waals surface area contributed by atoms with Crippen LogP contribution in [0.4, 0.5) is 0 Å². The Morgan fingerprint density at radius 3 is 0.875 bits per heavy atom. The Morgan fingerprint density at radius 2 is 0.750 bits per heavy atom. The van der Waals surface area contributed by atoms with Gasteiger partial charge in [-0.2, -0.15) is 11.8 Å². The third-order valence-corrected chi connectivity index (χ3v) is 7.74. The van der Waals surface area contributed by atoms with Crippen molar-refractivity contribution < 1.29 is 64.7 Å². The molecule has 0 saturated heterocycles. The zero-order valence-electron chi connectivity index (χ0n) is 22.5. The molecule has 182 valence electrons. The Hall–Kier alpha value is 2.79. The van der Waals surface area contributed by atoms with Crippen LogP contribution in [0.25, 0.3) is 0 Å². The maximum atomic E-state index is 9.29. The van der Waals surface area contributed by atoms with E-state index in [2.05, 4.69) is 65.6 Å². The van der Waals surface area contributed by atoms with Crippen LogP contribution in [0.5, 0.6) is 0 Å². The van der Waals surface area contributed by atoms with E-state index in [-0.39, 0.29) is 0 Å². The average molecular weight is 663 g/mol. The van der Waals surface area contributed by atoms with Crippen molar-refractivity contribution in [1.29, 1.82) is 0 Å². The minimum atomic E-state index is -3.72. The topological polar surface area (TPSA) is 46.1 Å². The predicted molar refractivity (Wildman–Crippen MR) is 136 cm³/mol. The average Bonchev–Trinajstić information content (AvgIpc) is 2.65. The second kappa shape index (κ2) is 33.8. The molecule has 0 aliphatic rings. The molecule has 0 spiro atoms. The molecule has 0 amide bonds. The van der Waals surface area contributed by atoms with Gasteiger partial charge in [0.25, 0.3) is 0 Å². The molecule has 0 aromatic carbocycles. The van der Waals surface area contributed by atoms with Gasteiger partial charge in [0.15, 0.2) is 0 Å². The monoisotopic (exact) mass is 658 g/mol. The minimum Gasteiger partial charge on any atom is -0.850 e. The Labute approximate surface area is 243 Å². The van der Waals surface area contributed by atoms with E-state index in [4.69, 9.17) is 0 Å². The van der Waals surface area contributed by atoms with Crippen molar-refractivity contribution in [3.05, 3.63) is 0 Å². The fraction of sp³-hybridized carbons (Fsp3) is 1.00. The van der Waals surface area contributed by atoms with Gasteiger partial charge in [-0.1, -0.05) is 0 Å². The van der Waals surface area contributed by atoms with Gasteiger partial charge in [0.2, 0.25) is 0 Å². The van der Waals surface area contributed by atoms with Crippen LogP contribution >= 0.6 is 5.69 Å². The van der Waals surface area contributed by atoms with Crippen LogP contribution in [-0.4, -0.2) is 0 Å². The van der Waals surface area contributed by atoms with Crippen LogP contribution in [0, 0.1) is 17.8 Å². The molecule has 0 aromatic heterocycles. The molecule has 0 bridgehead atoms. The molecule has 0 atom stereocenters. The van der Waals surface area contributed by atoms with Crippen LogP contribution in [0.15, 0.2) is 0 Å². The van der Waals surface area contributed by atoms with Crippen molar-refractivity contribution >= 4 is 29.7 Å². The van der Waals surface area contributed by atoms with E-state index in [1.807, 2.05) is 0 Å². The summed E-state index contributed by atoms with van der Waals surface area (Å²) in [6.45, 7) is 13.8. The summed E-state index contributed by atoms with van der Waals surface area (Å²) in [6.07, 6.45) is 17.5. The smallest absolute Gasteiger partial charge is 0.160 e. The Balaban J connectivity index is -0.000000167. The van der Waals surface area contributed by atoms with Gasteiger partial charge in [-0.15, -0.1) is 0 Å². The third-order valence-electron chi connectivity index (χ3n) is 4.59. The molecule has 0 fully saturated rings. The summed E-state index contributed by atoms with van der Waals surface area (Å²) in [5.41, 5.74) is -3.72. The molecule has 32 heavy (non-hydrogen) atoms. The van der Waals surface area contributed by atoms with E-state index in [1.165, 1.54) is 147 Å². The van der Waals surface area contributed by atoms with Gasteiger partial charge in [-0.3, -0.25) is 0 Å². The molecule has 0 rings (SSSR count). The van der Waals surface area contributed by atoms with Gasteiger partial charge >= 0.3 is 206 Å². The standard InChI is InChI=1S/3C8H17.H3O2PS2.3Zn/c3*1-4-5-6-7-8(2)3;1-3(2,4)5;;;/h3*8H,1,4-7H2,2-3H3;(H3,1,2,4,5);;;/q;;;;3*+1/p-3. The zero-order chi connectivity index (χ0) is 25.8. The molecule has 0 aromatic rings. The molecular weight excluding hydrogens is 612 g/mol. The summed E-state index contributed by atoms with van der Waals surface area (Å²) in [4.78, 5) is 18.6. The van der Waals surface area contributed by atoms with E-state index < -0.39 is 5.69 Å². The first-order chi connectivity index (χ1) is 14.8. The molecule has 0 N–H and O–H groups in total. The van der Waals surface area contributed by atoms with Crippen molar-refractivity contribution in [2.45, 2.75) is 134 Å². The zero-order valence-corrected chi connectivity index (χ0v) is 34.0. The van der Waals surface area contributed by atoms with E-state index >= 15 is 0 Å². The molecule has 8 heteroatoms. The first-order valence-corrected chi connectivity index (χ1v) is 22.9. The van der Waals surface area contributed by atoms with Crippen molar-refractivity contribution in [2.75, 3.05) is 0 Å². The molecule has 0 aliphatic heterocycles.